The van der Waals surface area contributed by atoms with Gasteiger partial charge in [0, 0.05) is 6.42 Å². The number of rotatable bonds is 2. The Bertz CT molecular complexity index is 131. The van der Waals surface area contributed by atoms with Crippen LogP contribution in [0.5, 0.6) is 0 Å². The summed E-state index contributed by atoms with van der Waals surface area (Å²) in [4.78, 5) is 10.8. The fourth-order valence-electron chi connectivity index (χ4n) is 1.71. The molecule has 3 nitrogen and oxygen atoms in total. The molecule has 3 heteroatoms. The van der Waals surface area contributed by atoms with Gasteiger partial charge in [-0.05, 0) is 18.8 Å². The quantitative estimate of drug-likeness (QED) is 0.393. The second kappa shape index (κ2) is 8.05. The van der Waals surface area contributed by atoms with E-state index in [1.807, 2.05) is 13.8 Å². The van der Waals surface area contributed by atoms with Crippen molar-refractivity contribution in [2.24, 2.45) is 11.8 Å². The molecular formula is C10H22N2O. The normalized spacial score (nSPS) is 17.2. The molecule has 0 radical (unpaired) electrons. The van der Waals surface area contributed by atoms with Crippen LogP contribution in [0.2, 0.25) is 0 Å². The van der Waals surface area contributed by atoms with Crippen molar-refractivity contribution in [2.75, 3.05) is 0 Å². The highest BCUT2D eigenvalue weighted by Gasteiger charge is 2.15. The molecule has 0 aromatic heterocycles. The Hall–Kier alpha value is -0.570. The van der Waals surface area contributed by atoms with Gasteiger partial charge in [0.25, 0.3) is 0 Å². The predicted octanol–water partition coefficient (Wildman–Crippen LogP) is 1.97. The Kier molecular flexibility index (Phi) is 7.69. The van der Waals surface area contributed by atoms with Gasteiger partial charge in [0.1, 0.15) is 0 Å². The molecule has 0 aromatic rings. The van der Waals surface area contributed by atoms with E-state index in [9.17, 15) is 4.79 Å². The average Bonchev–Trinajstić information content (AvgIpc) is 2.22. The molecule has 1 fully saturated rings. The van der Waals surface area contributed by atoms with Crippen LogP contribution in [0.1, 0.15) is 52.4 Å². The molecule has 0 heterocycles. The average molecular weight is 186 g/mol. The molecule has 13 heavy (non-hydrogen) atoms. The lowest BCUT2D eigenvalue weighted by Crippen LogP contribution is -2.31. The molecular weight excluding hydrogens is 164 g/mol. The molecule has 1 saturated carbocycles. The molecule has 0 saturated heterocycles. The van der Waals surface area contributed by atoms with Crippen molar-refractivity contribution in [3.05, 3.63) is 0 Å². The summed E-state index contributed by atoms with van der Waals surface area (Å²) in [6.07, 6.45) is 6.92. The van der Waals surface area contributed by atoms with E-state index in [0.717, 1.165) is 0 Å². The van der Waals surface area contributed by atoms with Crippen LogP contribution < -0.4 is 11.3 Å². The molecule has 0 spiro atoms. The lowest BCUT2D eigenvalue weighted by Gasteiger charge is -2.20. The summed E-state index contributed by atoms with van der Waals surface area (Å²) in [5, 5.41) is 0. The van der Waals surface area contributed by atoms with Gasteiger partial charge in [-0.15, -0.1) is 0 Å². The molecule has 3 N–H and O–H groups in total. The SMILES string of the molecule is CC.NNC(=O)CC1CCCCC1. The minimum atomic E-state index is -0.0168. The molecule has 0 unspecified atom stereocenters. The Labute approximate surface area is 81.0 Å². The molecule has 0 bridgehead atoms. The number of hydrazine groups is 1. The highest BCUT2D eigenvalue weighted by atomic mass is 16.2. The number of hydrogen-bond donors (Lipinski definition) is 2. The Balaban J connectivity index is 0.000000671. The third kappa shape index (κ3) is 5.64. The van der Waals surface area contributed by atoms with E-state index in [4.69, 9.17) is 5.84 Å². The van der Waals surface area contributed by atoms with E-state index in [1.165, 1.54) is 32.1 Å². The molecule has 0 aromatic carbocycles. The highest BCUT2D eigenvalue weighted by molar-refractivity contribution is 5.75. The molecule has 1 aliphatic rings. The van der Waals surface area contributed by atoms with Gasteiger partial charge in [-0.2, -0.15) is 0 Å². The van der Waals surface area contributed by atoms with Crippen LogP contribution >= 0.6 is 0 Å². The van der Waals surface area contributed by atoms with E-state index in [1.54, 1.807) is 0 Å². The Morgan fingerprint density at radius 3 is 2.31 bits per heavy atom. The van der Waals surface area contributed by atoms with Crippen LogP contribution in [0.15, 0.2) is 0 Å². The van der Waals surface area contributed by atoms with Crippen molar-refractivity contribution in [1.29, 1.82) is 0 Å². The predicted molar refractivity (Wildman–Crippen MR) is 54.9 cm³/mol. The number of amides is 1. The summed E-state index contributed by atoms with van der Waals surface area (Å²) in [6, 6.07) is 0. The molecule has 78 valence electrons. The maximum Gasteiger partial charge on any atom is 0.234 e. The standard InChI is InChI=1S/C8H16N2O.C2H6/c9-10-8(11)6-7-4-2-1-3-5-7;1-2/h7H,1-6,9H2,(H,10,11);1-2H3. The maximum atomic E-state index is 10.8. The third-order valence-electron chi connectivity index (χ3n) is 2.36. The van der Waals surface area contributed by atoms with Gasteiger partial charge in [0.15, 0.2) is 0 Å². The minimum absolute atomic E-state index is 0.0168. The first kappa shape index (κ1) is 12.4. The monoisotopic (exact) mass is 186 g/mol. The first-order chi connectivity index (χ1) is 6.33. The van der Waals surface area contributed by atoms with E-state index in [2.05, 4.69) is 5.43 Å². The van der Waals surface area contributed by atoms with Gasteiger partial charge < -0.3 is 0 Å². The van der Waals surface area contributed by atoms with Crippen LogP contribution in [-0.4, -0.2) is 5.91 Å². The first-order valence-electron chi connectivity index (χ1n) is 5.32. The van der Waals surface area contributed by atoms with Gasteiger partial charge in [-0.1, -0.05) is 33.1 Å². The van der Waals surface area contributed by atoms with Crippen molar-refractivity contribution >= 4 is 5.91 Å². The number of nitrogens with two attached hydrogens (primary N) is 1. The summed E-state index contributed by atoms with van der Waals surface area (Å²) in [5.74, 6) is 5.56. The maximum absolute atomic E-state index is 10.8. The topological polar surface area (TPSA) is 55.1 Å². The summed E-state index contributed by atoms with van der Waals surface area (Å²) in [7, 11) is 0. The number of nitrogens with one attached hydrogen (secondary N) is 1. The largest absolute Gasteiger partial charge is 0.294 e. The molecule has 1 amide bonds. The van der Waals surface area contributed by atoms with E-state index in [0.29, 0.717) is 12.3 Å². The van der Waals surface area contributed by atoms with Crippen LogP contribution in [0.25, 0.3) is 0 Å². The van der Waals surface area contributed by atoms with Crippen molar-refractivity contribution < 1.29 is 4.79 Å². The zero-order chi connectivity index (χ0) is 10.1. The molecule has 0 aliphatic heterocycles. The summed E-state index contributed by atoms with van der Waals surface area (Å²) in [5.41, 5.74) is 2.17. The number of hydrogen-bond acceptors (Lipinski definition) is 2. The van der Waals surface area contributed by atoms with Gasteiger partial charge in [-0.25, -0.2) is 5.84 Å². The second-order valence-electron chi connectivity index (χ2n) is 3.28. The van der Waals surface area contributed by atoms with Crippen LogP contribution in [0.3, 0.4) is 0 Å². The fraction of sp³-hybridized carbons (Fsp3) is 0.900. The Morgan fingerprint density at radius 1 is 1.31 bits per heavy atom. The van der Waals surface area contributed by atoms with Crippen molar-refractivity contribution in [1.82, 2.24) is 5.43 Å². The van der Waals surface area contributed by atoms with Gasteiger partial charge in [0.2, 0.25) is 5.91 Å². The molecule has 1 rings (SSSR count). The lowest BCUT2D eigenvalue weighted by atomic mass is 9.87. The van der Waals surface area contributed by atoms with Crippen molar-refractivity contribution in [3.8, 4) is 0 Å². The second-order valence-corrected chi connectivity index (χ2v) is 3.28. The van der Waals surface area contributed by atoms with Gasteiger partial charge >= 0.3 is 0 Å². The fourth-order valence-corrected chi connectivity index (χ4v) is 1.71. The smallest absolute Gasteiger partial charge is 0.234 e. The van der Waals surface area contributed by atoms with Gasteiger partial charge in [-0.3, -0.25) is 10.2 Å². The van der Waals surface area contributed by atoms with E-state index in [-0.39, 0.29) is 5.91 Å². The summed E-state index contributed by atoms with van der Waals surface area (Å²) < 4.78 is 0. The molecule has 1 aliphatic carbocycles. The first-order valence-corrected chi connectivity index (χ1v) is 5.32. The van der Waals surface area contributed by atoms with Crippen molar-refractivity contribution in [2.45, 2.75) is 52.4 Å². The highest BCUT2D eigenvalue weighted by Crippen LogP contribution is 2.25. The summed E-state index contributed by atoms with van der Waals surface area (Å²) >= 11 is 0. The van der Waals surface area contributed by atoms with Gasteiger partial charge in [0.05, 0.1) is 0 Å². The van der Waals surface area contributed by atoms with E-state index >= 15 is 0 Å². The summed E-state index contributed by atoms with van der Waals surface area (Å²) in [6.45, 7) is 4.00. The van der Waals surface area contributed by atoms with Crippen molar-refractivity contribution in [3.63, 3.8) is 0 Å². The lowest BCUT2D eigenvalue weighted by molar-refractivity contribution is -0.122. The zero-order valence-electron chi connectivity index (χ0n) is 8.81. The number of carbonyl (C=O) groups is 1. The number of carbonyl (C=O) groups excluding carboxylic acids is 1. The zero-order valence-corrected chi connectivity index (χ0v) is 8.81. The van der Waals surface area contributed by atoms with Crippen LogP contribution in [0, 0.1) is 5.92 Å². The third-order valence-corrected chi connectivity index (χ3v) is 2.36. The Morgan fingerprint density at radius 2 is 1.85 bits per heavy atom. The molecule has 0 atom stereocenters. The van der Waals surface area contributed by atoms with E-state index < -0.39 is 0 Å². The van der Waals surface area contributed by atoms with Crippen LogP contribution in [0.4, 0.5) is 0 Å². The minimum Gasteiger partial charge on any atom is -0.294 e. The van der Waals surface area contributed by atoms with Crippen LogP contribution in [-0.2, 0) is 4.79 Å².